The van der Waals surface area contributed by atoms with Crippen LogP contribution in [0.2, 0.25) is 0 Å². The van der Waals surface area contributed by atoms with E-state index in [0.717, 1.165) is 24.0 Å². The quantitative estimate of drug-likeness (QED) is 0.319. The Bertz CT molecular complexity index is 1290. The van der Waals surface area contributed by atoms with E-state index < -0.39 is 5.56 Å². The number of carbonyl (C=O) groups excluding carboxylic acids is 1. The summed E-state index contributed by atoms with van der Waals surface area (Å²) in [6.07, 6.45) is 3.13. The number of hydrazone groups is 1. The molecule has 0 aliphatic rings. The van der Waals surface area contributed by atoms with Gasteiger partial charge in [-0.1, -0.05) is 49.7 Å². The second-order valence-electron chi connectivity index (χ2n) is 7.47. The number of unbranched alkanes of at least 4 members (excludes halogenated alkanes) is 1. The fourth-order valence-electron chi connectivity index (χ4n) is 3.35. The molecule has 0 saturated heterocycles. The van der Waals surface area contributed by atoms with Crippen LogP contribution in [0.1, 0.15) is 42.9 Å². The van der Waals surface area contributed by atoms with Gasteiger partial charge in [-0.2, -0.15) is 5.10 Å². The van der Waals surface area contributed by atoms with Crippen LogP contribution < -0.4 is 11.0 Å². The average Bonchev–Trinajstić information content (AvgIpc) is 2.77. The molecule has 0 atom stereocenters. The lowest BCUT2D eigenvalue weighted by molar-refractivity contribution is -0.121. The highest BCUT2D eigenvalue weighted by Gasteiger charge is 2.19. The van der Waals surface area contributed by atoms with E-state index in [9.17, 15) is 14.7 Å². The van der Waals surface area contributed by atoms with E-state index in [2.05, 4.69) is 10.5 Å². The van der Waals surface area contributed by atoms with Gasteiger partial charge in [0.25, 0.3) is 5.56 Å². The highest BCUT2D eigenvalue weighted by molar-refractivity contribution is 7.71. The van der Waals surface area contributed by atoms with Crippen LogP contribution in [0.25, 0.3) is 11.4 Å². The van der Waals surface area contributed by atoms with Crippen LogP contribution >= 0.6 is 12.2 Å². The molecule has 0 fully saturated rings. The standard InChI is InChI=1S/C24H26N4O3S/c1-4-5-14-21(29)26-25-15-18-22(30)27(19-12-8-6-10-16(19)2)24(32)28(23(18)31)20-13-9-7-11-17(20)3/h6-13,15,30H,4-5,14H2,1-3H3,(H,26,29)/b25-15+. The largest absolute Gasteiger partial charge is 0.494 e. The van der Waals surface area contributed by atoms with Crippen molar-refractivity contribution in [3.63, 3.8) is 0 Å². The Hall–Kier alpha value is -3.52. The summed E-state index contributed by atoms with van der Waals surface area (Å²) in [5.74, 6) is -0.598. The van der Waals surface area contributed by atoms with Crippen LogP contribution in [0.4, 0.5) is 0 Å². The van der Waals surface area contributed by atoms with Crippen molar-refractivity contribution in [1.82, 2.24) is 14.6 Å². The van der Waals surface area contributed by atoms with Gasteiger partial charge < -0.3 is 5.11 Å². The maximum atomic E-state index is 13.4. The van der Waals surface area contributed by atoms with Crippen LogP contribution in [0.5, 0.6) is 5.88 Å². The van der Waals surface area contributed by atoms with Crippen molar-refractivity contribution in [3.8, 4) is 17.3 Å². The number of nitrogens with one attached hydrogen (secondary N) is 1. The third kappa shape index (κ3) is 4.70. The van der Waals surface area contributed by atoms with E-state index in [1.807, 2.05) is 63.2 Å². The van der Waals surface area contributed by atoms with Crippen molar-refractivity contribution >= 4 is 24.3 Å². The molecule has 1 heterocycles. The maximum absolute atomic E-state index is 13.4. The van der Waals surface area contributed by atoms with Gasteiger partial charge in [0.1, 0.15) is 5.56 Å². The van der Waals surface area contributed by atoms with Gasteiger partial charge in [0.05, 0.1) is 17.6 Å². The Morgan fingerprint density at radius 1 is 1.06 bits per heavy atom. The number of para-hydroxylation sites is 2. The first-order valence-corrected chi connectivity index (χ1v) is 10.8. The summed E-state index contributed by atoms with van der Waals surface area (Å²) in [5.41, 5.74) is 4.75. The van der Waals surface area contributed by atoms with Gasteiger partial charge in [0.15, 0.2) is 4.77 Å². The van der Waals surface area contributed by atoms with E-state index in [1.54, 1.807) is 6.07 Å². The van der Waals surface area contributed by atoms with Crippen LogP contribution in [0, 0.1) is 18.6 Å². The zero-order valence-corrected chi connectivity index (χ0v) is 19.1. The summed E-state index contributed by atoms with van der Waals surface area (Å²) in [7, 11) is 0. The summed E-state index contributed by atoms with van der Waals surface area (Å²) in [5, 5.41) is 15.0. The molecule has 0 aliphatic heterocycles. The molecule has 1 aromatic heterocycles. The van der Waals surface area contributed by atoms with Crippen LogP contribution in [0.3, 0.4) is 0 Å². The Labute approximate surface area is 191 Å². The van der Waals surface area contributed by atoms with Crippen molar-refractivity contribution in [2.45, 2.75) is 40.0 Å². The SMILES string of the molecule is CCCCC(=O)N/N=C/c1c(O)n(-c2ccccc2C)c(=S)n(-c2ccccc2C)c1=O. The molecule has 32 heavy (non-hydrogen) atoms. The Balaban J connectivity index is 2.25. The summed E-state index contributed by atoms with van der Waals surface area (Å²) in [4.78, 5) is 25.3. The second kappa shape index (κ2) is 10.2. The van der Waals surface area contributed by atoms with Crippen LogP contribution in [0.15, 0.2) is 58.4 Å². The first kappa shape index (κ1) is 23.1. The Morgan fingerprint density at radius 2 is 1.62 bits per heavy atom. The topological polar surface area (TPSA) is 88.6 Å². The lowest BCUT2D eigenvalue weighted by Gasteiger charge is -2.18. The molecule has 0 unspecified atom stereocenters. The summed E-state index contributed by atoms with van der Waals surface area (Å²) in [6.45, 7) is 5.76. The number of hydrogen-bond donors (Lipinski definition) is 2. The summed E-state index contributed by atoms with van der Waals surface area (Å²) >= 11 is 5.66. The van der Waals surface area contributed by atoms with E-state index in [0.29, 0.717) is 17.8 Å². The minimum absolute atomic E-state index is 0.0825. The van der Waals surface area contributed by atoms with Crippen molar-refractivity contribution in [2.24, 2.45) is 5.10 Å². The number of amides is 1. The summed E-state index contributed by atoms with van der Waals surface area (Å²) in [6, 6.07) is 14.8. The zero-order valence-electron chi connectivity index (χ0n) is 18.3. The van der Waals surface area contributed by atoms with Gasteiger partial charge >= 0.3 is 0 Å². The zero-order chi connectivity index (χ0) is 23.3. The highest BCUT2D eigenvalue weighted by atomic mass is 32.1. The van der Waals surface area contributed by atoms with Gasteiger partial charge in [-0.3, -0.25) is 18.7 Å². The van der Waals surface area contributed by atoms with Gasteiger partial charge in [-0.05, 0) is 55.7 Å². The normalized spacial score (nSPS) is 11.1. The molecule has 0 aliphatic carbocycles. The van der Waals surface area contributed by atoms with E-state index >= 15 is 0 Å². The number of nitrogens with zero attached hydrogens (tertiary/aromatic N) is 3. The fraction of sp³-hybridized carbons (Fsp3) is 0.250. The molecule has 3 rings (SSSR count). The summed E-state index contributed by atoms with van der Waals surface area (Å²) < 4.78 is 2.94. The average molecular weight is 451 g/mol. The Kier molecular flexibility index (Phi) is 7.37. The fourth-order valence-corrected chi connectivity index (χ4v) is 3.71. The molecule has 0 saturated carbocycles. The smallest absolute Gasteiger partial charge is 0.271 e. The Morgan fingerprint density at radius 3 is 2.19 bits per heavy atom. The number of benzene rings is 2. The molecular weight excluding hydrogens is 424 g/mol. The van der Waals surface area contributed by atoms with Gasteiger partial charge in [-0.25, -0.2) is 5.43 Å². The third-order valence-electron chi connectivity index (χ3n) is 5.12. The highest BCUT2D eigenvalue weighted by Crippen LogP contribution is 2.24. The molecule has 1 amide bonds. The number of carbonyl (C=O) groups is 1. The van der Waals surface area contributed by atoms with Gasteiger partial charge in [0, 0.05) is 6.42 Å². The lowest BCUT2D eigenvalue weighted by Crippen LogP contribution is -2.28. The molecule has 166 valence electrons. The predicted molar refractivity (Wildman–Crippen MR) is 129 cm³/mol. The van der Waals surface area contributed by atoms with Crippen molar-refractivity contribution in [2.75, 3.05) is 0 Å². The van der Waals surface area contributed by atoms with E-state index in [-0.39, 0.29) is 22.1 Å². The molecule has 3 aromatic rings. The first-order valence-electron chi connectivity index (χ1n) is 10.4. The molecule has 2 aromatic carbocycles. The molecule has 8 heteroatoms. The number of rotatable bonds is 7. The van der Waals surface area contributed by atoms with Gasteiger partial charge in [0.2, 0.25) is 11.8 Å². The minimum Gasteiger partial charge on any atom is -0.494 e. The third-order valence-corrected chi connectivity index (χ3v) is 5.49. The van der Waals surface area contributed by atoms with Crippen molar-refractivity contribution in [1.29, 1.82) is 0 Å². The number of aryl methyl sites for hydroxylation is 2. The number of hydrogen-bond acceptors (Lipinski definition) is 5. The molecular formula is C24H26N4O3S. The molecule has 2 N–H and O–H groups in total. The van der Waals surface area contributed by atoms with E-state index in [4.69, 9.17) is 12.2 Å². The molecule has 0 radical (unpaired) electrons. The lowest BCUT2D eigenvalue weighted by atomic mass is 10.2. The molecule has 7 nitrogen and oxygen atoms in total. The van der Waals surface area contributed by atoms with Crippen LogP contribution in [-0.2, 0) is 4.79 Å². The maximum Gasteiger partial charge on any atom is 0.271 e. The minimum atomic E-state index is -0.529. The molecule has 0 spiro atoms. The van der Waals surface area contributed by atoms with Crippen molar-refractivity contribution in [3.05, 3.63) is 80.3 Å². The second-order valence-corrected chi connectivity index (χ2v) is 7.83. The molecule has 0 bridgehead atoms. The monoisotopic (exact) mass is 450 g/mol. The predicted octanol–water partition coefficient (Wildman–Crippen LogP) is 4.32. The van der Waals surface area contributed by atoms with E-state index in [1.165, 1.54) is 15.3 Å². The van der Waals surface area contributed by atoms with Crippen LogP contribution in [-0.4, -0.2) is 26.4 Å². The van der Waals surface area contributed by atoms with Crippen molar-refractivity contribution < 1.29 is 9.90 Å². The number of aromatic nitrogens is 2. The van der Waals surface area contributed by atoms with Gasteiger partial charge in [-0.15, -0.1) is 0 Å². The first-order chi connectivity index (χ1) is 15.4. The number of aromatic hydroxyl groups is 1.